The van der Waals surface area contributed by atoms with E-state index in [0.29, 0.717) is 6.01 Å². The molecule has 0 aliphatic rings. The third-order valence-electron chi connectivity index (χ3n) is 2.00. The Morgan fingerprint density at radius 3 is 2.31 bits per heavy atom. The van der Waals surface area contributed by atoms with Gasteiger partial charge in [0.25, 0.3) is 0 Å². The van der Waals surface area contributed by atoms with Gasteiger partial charge in [-0.3, -0.25) is 0 Å². The number of hydrogen-bond donors (Lipinski definition) is 0. The van der Waals surface area contributed by atoms with Crippen LogP contribution < -0.4 is 4.43 Å². The quantitative estimate of drug-likeness (QED) is 0.470. The van der Waals surface area contributed by atoms with E-state index in [1.807, 2.05) is 6.92 Å². The number of rotatable bonds is 4. The summed E-state index contributed by atoms with van der Waals surface area (Å²) in [7, 11) is -1.62. The molecule has 16 heavy (non-hydrogen) atoms. The Morgan fingerprint density at radius 2 is 1.81 bits per heavy atom. The van der Waals surface area contributed by atoms with E-state index in [0.717, 1.165) is 22.0 Å². The zero-order valence-electron chi connectivity index (χ0n) is 10.9. The van der Waals surface area contributed by atoms with E-state index in [4.69, 9.17) is 4.43 Å². The summed E-state index contributed by atoms with van der Waals surface area (Å²) >= 11 is 1.74. The first-order valence-electron chi connectivity index (χ1n) is 5.50. The van der Waals surface area contributed by atoms with Crippen LogP contribution in [0.15, 0.2) is 5.03 Å². The maximum atomic E-state index is 5.83. The van der Waals surface area contributed by atoms with Crippen LogP contribution in [0.25, 0.3) is 0 Å². The summed E-state index contributed by atoms with van der Waals surface area (Å²) in [4.78, 5) is 8.86. The van der Waals surface area contributed by atoms with Crippen molar-refractivity contribution in [2.45, 2.75) is 45.4 Å². The number of aromatic nitrogens is 2. The topological polar surface area (TPSA) is 35.0 Å². The minimum atomic E-state index is -1.62. The van der Waals surface area contributed by atoms with Crippen molar-refractivity contribution >= 4 is 20.1 Å². The van der Waals surface area contributed by atoms with Gasteiger partial charge in [-0.1, -0.05) is 6.92 Å². The molecule has 0 radical (unpaired) electrons. The molecule has 0 aliphatic carbocycles. The van der Waals surface area contributed by atoms with E-state index in [2.05, 4.69) is 43.5 Å². The van der Waals surface area contributed by atoms with Gasteiger partial charge in [0, 0.05) is 11.3 Å². The van der Waals surface area contributed by atoms with Crippen LogP contribution in [0.2, 0.25) is 19.6 Å². The standard InChI is InChI=1S/C11H20N2OSSi/c1-7-15-10-8(2)9(3)12-11(13-10)14-16(4,5)6/h7H2,1-6H3. The predicted molar refractivity (Wildman–Crippen MR) is 71.9 cm³/mol. The fourth-order valence-electron chi connectivity index (χ4n) is 1.17. The molecule has 1 aromatic heterocycles. The second kappa shape index (κ2) is 5.18. The molecule has 3 nitrogen and oxygen atoms in total. The number of thioether (sulfide) groups is 1. The van der Waals surface area contributed by atoms with Gasteiger partial charge in [0.2, 0.25) is 8.32 Å². The van der Waals surface area contributed by atoms with Gasteiger partial charge in [0.05, 0.1) is 0 Å². The van der Waals surface area contributed by atoms with Crippen molar-refractivity contribution < 1.29 is 4.43 Å². The molecular formula is C11H20N2OSSi. The molecule has 1 rings (SSSR count). The number of aryl methyl sites for hydroxylation is 1. The van der Waals surface area contributed by atoms with Crippen LogP contribution in [0.1, 0.15) is 18.2 Å². The molecule has 1 heterocycles. The van der Waals surface area contributed by atoms with Gasteiger partial charge in [0.1, 0.15) is 5.03 Å². The molecule has 0 amide bonds. The van der Waals surface area contributed by atoms with Gasteiger partial charge in [-0.2, -0.15) is 4.98 Å². The maximum absolute atomic E-state index is 5.83. The second-order valence-corrected chi connectivity index (χ2v) is 10.4. The minimum absolute atomic E-state index is 0.540. The molecule has 0 atom stereocenters. The van der Waals surface area contributed by atoms with Crippen molar-refractivity contribution in [1.29, 1.82) is 0 Å². The van der Waals surface area contributed by atoms with Crippen LogP contribution in [0.5, 0.6) is 6.01 Å². The Morgan fingerprint density at radius 1 is 1.19 bits per heavy atom. The van der Waals surface area contributed by atoms with Crippen molar-refractivity contribution in [2.24, 2.45) is 0 Å². The molecule has 1 aromatic rings. The molecular weight excluding hydrogens is 236 g/mol. The lowest BCUT2D eigenvalue weighted by Crippen LogP contribution is -2.30. The maximum Gasteiger partial charge on any atom is 0.303 e. The van der Waals surface area contributed by atoms with Crippen molar-refractivity contribution in [3.8, 4) is 6.01 Å². The normalized spacial score (nSPS) is 11.6. The molecule has 0 bridgehead atoms. The lowest BCUT2D eigenvalue weighted by Gasteiger charge is -2.18. The summed E-state index contributed by atoms with van der Waals surface area (Å²) < 4.78 is 5.83. The average Bonchev–Trinajstić information content (AvgIpc) is 2.11. The molecule has 0 aromatic carbocycles. The Kier molecular flexibility index (Phi) is 4.38. The lowest BCUT2D eigenvalue weighted by atomic mass is 10.3. The lowest BCUT2D eigenvalue weighted by molar-refractivity contribution is 0.499. The van der Waals surface area contributed by atoms with Crippen LogP contribution in [-0.4, -0.2) is 24.0 Å². The zero-order chi connectivity index (χ0) is 12.3. The Balaban J connectivity index is 3.04. The monoisotopic (exact) mass is 256 g/mol. The van der Waals surface area contributed by atoms with Gasteiger partial charge >= 0.3 is 6.01 Å². The van der Waals surface area contributed by atoms with Crippen molar-refractivity contribution in [2.75, 3.05) is 5.75 Å². The second-order valence-electron chi connectivity index (χ2n) is 4.67. The first-order valence-corrected chi connectivity index (χ1v) is 9.90. The molecule has 0 N–H and O–H groups in total. The predicted octanol–water partition coefficient (Wildman–Crippen LogP) is 3.42. The number of hydrogen-bond acceptors (Lipinski definition) is 4. The molecule has 0 saturated heterocycles. The van der Waals surface area contributed by atoms with Crippen LogP contribution in [-0.2, 0) is 0 Å². The van der Waals surface area contributed by atoms with Gasteiger partial charge in [-0.15, -0.1) is 11.8 Å². The Labute approximate surface area is 103 Å². The smallest absolute Gasteiger partial charge is 0.303 e. The summed E-state index contributed by atoms with van der Waals surface area (Å²) in [5.74, 6) is 1.02. The van der Waals surface area contributed by atoms with E-state index in [-0.39, 0.29) is 0 Å². The Hall–Kier alpha value is -0.553. The molecule has 90 valence electrons. The van der Waals surface area contributed by atoms with E-state index >= 15 is 0 Å². The van der Waals surface area contributed by atoms with Gasteiger partial charge in [0.15, 0.2) is 0 Å². The minimum Gasteiger partial charge on any atom is -0.518 e. The van der Waals surface area contributed by atoms with E-state index < -0.39 is 8.32 Å². The molecule has 0 fully saturated rings. The zero-order valence-corrected chi connectivity index (χ0v) is 12.7. The molecule has 0 aliphatic heterocycles. The number of nitrogens with zero attached hydrogens (tertiary/aromatic N) is 2. The van der Waals surface area contributed by atoms with Gasteiger partial charge in [-0.05, 0) is 39.2 Å². The third kappa shape index (κ3) is 3.79. The van der Waals surface area contributed by atoms with Crippen LogP contribution >= 0.6 is 11.8 Å². The summed E-state index contributed by atoms with van der Waals surface area (Å²) in [6.07, 6.45) is 0. The van der Waals surface area contributed by atoms with Crippen LogP contribution in [0.4, 0.5) is 0 Å². The highest BCUT2D eigenvalue weighted by molar-refractivity contribution is 7.99. The van der Waals surface area contributed by atoms with Crippen molar-refractivity contribution in [3.63, 3.8) is 0 Å². The van der Waals surface area contributed by atoms with E-state index in [1.165, 1.54) is 0 Å². The molecule has 5 heteroatoms. The van der Waals surface area contributed by atoms with Gasteiger partial charge < -0.3 is 4.43 Å². The summed E-state index contributed by atoms with van der Waals surface area (Å²) in [5.41, 5.74) is 2.17. The first kappa shape index (κ1) is 13.5. The molecule has 0 unspecified atom stereocenters. The van der Waals surface area contributed by atoms with Gasteiger partial charge in [-0.25, -0.2) is 4.98 Å². The Bertz CT molecular complexity index is 377. The SMILES string of the molecule is CCSc1nc(O[Si](C)(C)C)nc(C)c1C. The molecule has 0 spiro atoms. The fourth-order valence-corrected chi connectivity index (χ4v) is 2.59. The van der Waals surface area contributed by atoms with E-state index in [9.17, 15) is 0 Å². The molecule has 0 saturated carbocycles. The average molecular weight is 256 g/mol. The third-order valence-corrected chi connectivity index (χ3v) is 3.76. The fraction of sp³-hybridized carbons (Fsp3) is 0.636. The van der Waals surface area contributed by atoms with Crippen molar-refractivity contribution in [3.05, 3.63) is 11.3 Å². The summed E-state index contributed by atoms with van der Waals surface area (Å²) in [5, 5.41) is 1.04. The highest BCUT2D eigenvalue weighted by Gasteiger charge is 2.19. The van der Waals surface area contributed by atoms with Crippen molar-refractivity contribution in [1.82, 2.24) is 9.97 Å². The summed E-state index contributed by atoms with van der Waals surface area (Å²) in [6, 6.07) is 0.540. The van der Waals surface area contributed by atoms with Crippen LogP contribution in [0, 0.1) is 13.8 Å². The first-order chi connectivity index (χ1) is 7.33. The highest BCUT2D eigenvalue weighted by Crippen LogP contribution is 2.24. The van der Waals surface area contributed by atoms with E-state index in [1.54, 1.807) is 11.8 Å². The van der Waals surface area contributed by atoms with Crippen LogP contribution in [0.3, 0.4) is 0 Å². The summed E-state index contributed by atoms with van der Waals surface area (Å²) in [6.45, 7) is 12.6. The highest BCUT2D eigenvalue weighted by atomic mass is 32.2. The largest absolute Gasteiger partial charge is 0.518 e.